The molecule has 1 saturated heterocycles. The number of halogens is 3. The summed E-state index contributed by atoms with van der Waals surface area (Å²) in [5.41, 5.74) is 2.29. The summed E-state index contributed by atoms with van der Waals surface area (Å²) < 4.78 is 31.6. The highest BCUT2D eigenvalue weighted by Gasteiger charge is 2.47. The third-order valence-electron chi connectivity index (χ3n) is 7.40. The van der Waals surface area contributed by atoms with E-state index >= 15 is 0 Å². The molecule has 2 aliphatic carbocycles. The van der Waals surface area contributed by atoms with Crippen molar-refractivity contribution in [3.63, 3.8) is 0 Å². The van der Waals surface area contributed by atoms with Gasteiger partial charge in [0, 0.05) is 41.7 Å². The maximum Gasteiger partial charge on any atom is 0.339 e. The van der Waals surface area contributed by atoms with Gasteiger partial charge in [0.15, 0.2) is 11.6 Å². The number of anilines is 1. The number of pyridine rings is 1. The monoisotopic (exact) mass is 531 g/mol. The number of carbonyl (C=O) groups is 1. The van der Waals surface area contributed by atoms with E-state index in [1.165, 1.54) is 19.4 Å². The number of fused-ring (bicyclic) bond motifs is 2. The number of benzene rings is 1. The van der Waals surface area contributed by atoms with E-state index in [-0.39, 0.29) is 29.4 Å². The van der Waals surface area contributed by atoms with Gasteiger partial charge in [0.2, 0.25) is 0 Å². The van der Waals surface area contributed by atoms with Crippen LogP contribution in [-0.2, 0) is 16.1 Å². The minimum absolute atomic E-state index is 0.0279. The fourth-order valence-electron chi connectivity index (χ4n) is 5.48. The number of hydrogen-bond donors (Lipinski definition) is 0. The van der Waals surface area contributed by atoms with Gasteiger partial charge < -0.3 is 18.9 Å². The average molecular weight is 532 g/mol. The summed E-state index contributed by atoms with van der Waals surface area (Å²) in [5.74, 6) is 0.572. The topological polar surface area (TPSA) is 77.7 Å². The molecule has 2 saturated carbocycles. The Kier molecular flexibility index (Phi) is 6.14. The van der Waals surface area contributed by atoms with Gasteiger partial charge in [-0.2, -0.15) is 0 Å². The van der Waals surface area contributed by atoms with E-state index in [4.69, 9.17) is 32.5 Å². The molecule has 1 aliphatic heterocycles. The van der Waals surface area contributed by atoms with E-state index in [1.807, 2.05) is 4.90 Å². The number of aromatic nitrogens is 2. The Bertz CT molecular complexity index is 1310. The van der Waals surface area contributed by atoms with Crippen LogP contribution in [0.2, 0.25) is 10.0 Å². The van der Waals surface area contributed by atoms with Gasteiger partial charge in [0.05, 0.1) is 35.4 Å². The molecular formula is C26H24Cl2FN3O4. The summed E-state index contributed by atoms with van der Waals surface area (Å²) in [6.45, 7) is 0.986. The summed E-state index contributed by atoms with van der Waals surface area (Å²) in [4.78, 5) is 17.9. The zero-order valence-corrected chi connectivity index (χ0v) is 21.1. The van der Waals surface area contributed by atoms with Crippen LogP contribution in [0, 0.1) is 11.7 Å². The first kappa shape index (κ1) is 23.7. The number of piperidine rings is 1. The number of ether oxygens (including phenoxy) is 2. The first-order valence-corrected chi connectivity index (χ1v) is 12.7. The zero-order valence-electron chi connectivity index (χ0n) is 19.5. The molecule has 0 radical (unpaired) electrons. The van der Waals surface area contributed by atoms with E-state index in [1.54, 1.807) is 18.2 Å². The normalized spacial score (nSPS) is 22.9. The van der Waals surface area contributed by atoms with Gasteiger partial charge in [-0.1, -0.05) is 34.4 Å². The molecule has 3 aliphatic rings. The number of rotatable bonds is 7. The van der Waals surface area contributed by atoms with Crippen molar-refractivity contribution in [2.75, 3.05) is 18.6 Å². The largest absolute Gasteiger partial charge is 0.465 e. The predicted molar refractivity (Wildman–Crippen MR) is 132 cm³/mol. The predicted octanol–water partition coefficient (Wildman–Crippen LogP) is 6.03. The molecule has 0 N–H and O–H groups in total. The second-order valence-electron chi connectivity index (χ2n) is 9.65. The summed E-state index contributed by atoms with van der Waals surface area (Å²) in [6, 6.07) is 6.67. The van der Waals surface area contributed by atoms with Crippen molar-refractivity contribution >= 4 is 35.0 Å². The van der Waals surface area contributed by atoms with Crippen LogP contribution in [0.4, 0.5) is 10.2 Å². The van der Waals surface area contributed by atoms with Gasteiger partial charge in [-0.15, -0.1) is 0 Å². The molecule has 3 atom stereocenters. The van der Waals surface area contributed by atoms with Gasteiger partial charge >= 0.3 is 5.97 Å². The van der Waals surface area contributed by atoms with Crippen molar-refractivity contribution in [2.45, 2.75) is 50.4 Å². The fraction of sp³-hybridized carbons (Fsp3) is 0.423. The van der Waals surface area contributed by atoms with E-state index in [0.717, 1.165) is 37.0 Å². The van der Waals surface area contributed by atoms with Gasteiger partial charge in [-0.05, 0) is 43.9 Å². The average Bonchev–Trinajstić information content (AvgIpc) is 3.32. The minimum Gasteiger partial charge on any atom is -0.465 e. The Morgan fingerprint density at radius 3 is 2.67 bits per heavy atom. The first-order chi connectivity index (χ1) is 17.4. The SMILES string of the molecule is COC(=O)c1cnc(N2C[C@@H]3C[C@H]2C[C@H]3OCc2c(-c3c(Cl)cccc3Cl)noc2C2CC2)c(F)c1. The molecule has 2 bridgehead atoms. The van der Waals surface area contributed by atoms with Crippen molar-refractivity contribution in [3.05, 3.63) is 63.2 Å². The van der Waals surface area contributed by atoms with Crippen LogP contribution in [0.25, 0.3) is 11.3 Å². The van der Waals surface area contributed by atoms with Crippen molar-refractivity contribution < 1.29 is 23.2 Å². The van der Waals surface area contributed by atoms with Gasteiger partial charge in [0.1, 0.15) is 11.5 Å². The maximum absolute atomic E-state index is 14.8. The van der Waals surface area contributed by atoms with Crippen LogP contribution in [-0.4, -0.2) is 41.9 Å². The summed E-state index contributed by atoms with van der Waals surface area (Å²) >= 11 is 12.9. The molecule has 1 aromatic carbocycles. The van der Waals surface area contributed by atoms with Gasteiger partial charge in [-0.3, -0.25) is 0 Å². The smallest absolute Gasteiger partial charge is 0.339 e. The number of hydrogen-bond acceptors (Lipinski definition) is 7. The molecule has 6 rings (SSSR count). The Balaban J connectivity index is 1.17. The van der Waals surface area contributed by atoms with Crippen molar-refractivity contribution in [1.29, 1.82) is 0 Å². The molecule has 10 heteroatoms. The third-order valence-corrected chi connectivity index (χ3v) is 8.03. The highest BCUT2D eigenvalue weighted by Crippen LogP contribution is 2.47. The molecule has 188 valence electrons. The van der Waals surface area contributed by atoms with Crippen molar-refractivity contribution in [1.82, 2.24) is 10.1 Å². The lowest BCUT2D eigenvalue weighted by atomic mass is 10.0. The molecule has 7 nitrogen and oxygen atoms in total. The lowest BCUT2D eigenvalue weighted by Crippen LogP contribution is -2.39. The molecule has 3 aromatic rings. The Morgan fingerprint density at radius 1 is 1.25 bits per heavy atom. The molecule has 0 amide bonds. The minimum atomic E-state index is -0.610. The number of methoxy groups -OCH3 is 1. The summed E-state index contributed by atoms with van der Waals surface area (Å²) in [7, 11) is 1.26. The lowest BCUT2D eigenvalue weighted by Gasteiger charge is -2.32. The van der Waals surface area contributed by atoms with Crippen LogP contribution < -0.4 is 4.90 Å². The third kappa shape index (κ3) is 4.15. The second-order valence-corrected chi connectivity index (χ2v) is 10.5. The van der Waals surface area contributed by atoms with E-state index in [2.05, 4.69) is 14.9 Å². The quantitative estimate of drug-likeness (QED) is 0.344. The molecule has 3 fully saturated rings. The highest BCUT2D eigenvalue weighted by atomic mass is 35.5. The van der Waals surface area contributed by atoms with Crippen LogP contribution in [0.5, 0.6) is 0 Å². The van der Waals surface area contributed by atoms with E-state index in [9.17, 15) is 9.18 Å². The Morgan fingerprint density at radius 2 is 2.03 bits per heavy atom. The van der Waals surface area contributed by atoms with Crippen LogP contribution in [0.15, 0.2) is 35.0 Å². The van der Waals surface area contributed by atoms with Gasteiger partial charge in [0.25, 0.3) is 0 Å². The fourth-order valence-corrected chi connectivity index (χ4v) is 6.06. The van der Waals surface area contributed by atoms with E-state index in [0.29, 0.717) is 40.4 Å². The van der Waals surface area contributed by atoms with Crippen molar-refractivity contribution in [3.8, 4) is 11.3 Å². The molecular weight excluding hydrogens is 508 g/mol. The molecule has 0 unspecified atom stereocenters. The zero-order chi connectivity index (χ0) is 25.0. The molecule has 2 aromatic heterocycles. The number of carbonyl (C=O) groups excluding carboxylic acids is 1. The molecule has 36 heavy (non-hydrogen) atoms. The second kappa shape index (κ2) is 9.32. The summed E-state index contributed by atoms with van der Waals surface area (Å²) in [5, 5.41) is 5.37. The first-order valence-electron chi connectivity index (χ1n) is 12.0. The van der Waals surface area contributed by atoms with E-state index < -0.39 is 11.8 Å². The van der Waals surface area contributed by atoms with Crippen molar-refractivity contribution in [2.24, 2.45) is 5.92 Å². The number of esters is 1. The lowest BCUT2D eigenvalue weighted by molar-refractivity contribution is 0.0121. The van der Waals surface area contributed by atoms with Crippen LogP contribution in [0.1, 0.15) is 53.3 Å². The van der Waals surface area contributed by atoms with Gasteiger partial charge in [-0.25, -0.2) is 14.2 Å². The number of nitrogens with zero attached hydrogens (tertiary/aromatic N) is 3. The highest BCUT2D eigenvalue weighted by molar-refractivity contribution is 6.39. The Hall–Kier alpha value is -2.68. The Labute approximate surface area is 217 Å². The molecule has 3 heterocycles. The summed E-state index contributed by atoms with van der Waals surface area (Å²) in [6.07, 6.45) is 5.17. The van der Waals surface area contributed by atoms with Crippen LogP contribution in [0.3, 0.4) is 0 Å². The maximum atomic E-state index is 14.8. The van der Waals surface area contributed by atoms with Crippen LogP contribution >= 0.6 is 23.2 Å². The molecule has 0 spiro atoms. The standard InChI is InChI=1S/C26H24Cl2FN3O4/c1-34-26(33)14-8-20(29)25(30-10-14)32-11-15-7-16(32)9-21(15)35-12-17-23(31-36-24(17)13-5-6-13)22-18(27)3-2-4-19(22)28/h2-4,8,10,13,15-16,21H,5-7,9,11-12H2,1H3/t15-,16-,21+/m0/s1.